The first-order valence-electron chi connectivity index (χ1n) is 7.45. The second kappa shape index (κ2) is 9.31. The van der Waals surface area contributed by atoms with Crippen LogP contribution in [0.25, 0.3) is 0 Å². The molecular formula is C17H28. The Bertz CT molecular complexity index is 270. The predicted molar refractivity (Wildman–Crippen MR) is 77.1 cm³/mol. The minimum atomic E-state index is 1.01. The number of hydrogen-bond donors (Lipinski definition) is 0. The number of hydrogen-bond acceptors (Lipinski definition) is 0. The monoisotopic (exact) mass is 232 g/mol. The fourth-order valence-electron chi connectivity index (χ4n) is 2.60. The Morgan fingerprint density at radius 2 is 1.94 bits per heavy atom. The van der Waals surface area contributed by atoms with Crippen molar-refractivity contribution in [1.82, 2.24) is 0 Å². The molecule has 0 saturated heterocycles. The molecule has 0 unspecified atom stereocenters. The SMILES string of the molecule is CCC=C=C/C=C(\CC)CCC1CCCCC1. The molecule has 0 spiro atoms. The summed E-state index contributed by atoms with van der Waals surface area (Å²) in [5.41, 5.74) is 4.80. The third-order valence-electron chi connectivity index (χ3n) is 3.79. The van der Waals surface area contributed by atoms with Gasteiger partial charge in [0.2, 0.25) is 0 Å². The molecule has 1 fully saturated rings. The van der Waals surface area contributed by atoms with Crippen molar-refractivity contribution in [2.75, 3.05) is 0 Å². The van der Waals surface area contributed by atoms with E-state index >= 15 is 0 Å². The van der Waals surface area contributed by atoms with E-state index in [4.69, 9.17) is 0 Å². The van der Waals surface area contributed by atoms with Gasteiger partial charge in [-0.15, -0.1) is 5.73 Å². The molecular weight excluding hydrogens is 204 g/mol. The Hall–Kier alpha value is -0.740. The van der Waals surface area contributed by atoms with Crippen molar-refractivity contribution < 1.29 is 0 Å². The third kappa shape index (κ3) is 6.54. The van der Waals surface area contributed by atoms with Crippen molar-refractivity contribution in [3.05, 3.63) is 29.5 Å². The minimum absolute atomic E-state index is 1.01. The van der Waals surface area contributed by atoms with E-state index in [1.165, 1.54) is 51.4 Å². The molecule has 0 bridgehead atoms. The van der Waals surface area contributed by atoms with E-state index in [1.807, 2.05) is 0 Å². The smallest absolute Gasteiger partial charge is 0.0204 e. The lowest BCUT2D eigenvalue weighted by atomic mass is 9.85. The van der Waals surface area contributed by atoms with Crippen LogP contribution in [0.5, 0.6) is 0 Å². The van der Waals surface area contributed by atoms with E-state index in [0.717, 1.165) is 12.3 Å². The van der Waals surface area contributed by atoms with Crippen LogP contribution in [0.2, 0.25) is 0 Å². The summed E-state index contributed by atoms with van der Waals surface area (Å²) in [7, 11) is 0. The number of rotatable bonds is 6. The lowest BCUT2D eigenvalue weighted by Gasteiger charge is -2.21. The van der Waals surface area contributed by atoms with Gasteiger partial charge < -0.3 is 0 Å². The molecule has 0 aliphatic heterocycles. The van der Waals surface area contributed by atoms with Crippen LogP contribution in [0, 0.1) is 5.92 Å². The molecule has 0 N–H and O–H groups in total. The van der Waals surface area contributed by atoms with Crippen LogP contribution < -0.4 is 0 Å². The molecule has 1 saturated carbocycles. The van der Waals surface area contributed by atoms with Gasteiger partial charge in [-0.1, -0.05) is 57.6 Å². The molecule has 0 aromatic heterocycles. The van der Waals surface area contributed by atoms with Gasteiger partial charge in [0.05, 0.1) is 0 Å². The zero-order chi connectivity index (χ0) is 12.3. The van der Waals surface area contributed by atoms with Crippen LogP contribution in [-0.4, -0.2) is 0 Å². The van der Waals surface area contributed by atoms with E-state index < -0.39 is 0 Å². The Labute approximate surface area is 108 Å². The lowest BCUT2D eigenvalue weighted by molar-refractivity contribution is 0.338. The molecule has 17 heavy (non-hydrogen) atoms. The van der Waals surface area contributed by atoms with Crippen molar-refractivity contribution in [3.8, 4) is 0 Å². The topological polar surface area (TPSA) is 0 Å². The molecule has 0 heterocycles. The number of allylic oxidation sites excluding steroid dienone is 3. The van der Waals surface area contributed by atoms with Crippen LogP contribution in [0.4, 0.5) is 0 Å². The Balaban J connectivity index is 2.32. The van der Waals surface area contributed by atoms with E-state index in [0.29, 0.717) is 0 Å². The highest BCUT2D eigenvalue weighted by atomic mass is 14.2. The summed E-state index contributed by atoms with van der Waals surface area (Å²) in [5.74, 6) is 1.01. The van der Waals surface area contributed by atoms with Gasteiger partial charge in [-0.3, -0.25) is 0 Å². The molecule has 0 nitrogen and oxygen atoms in total. The van der Waals surface area contributed by atoms with Crippen LogP contribution in [0.1, 0.15) is 71.6 Å². The average molecular weight is 232 g/mol. The summed E-state index contributed by atoms with van der Waals surface area (Å²) in [5, 5.41) is 0. The largest absolute Gasteiger partial charge is 0.125 e. The molecule has 0 atom stereocenters. The average Bonchev–Trinajstić information content (AvgIpc) is 2.39. The Morgan fingerprint density at radius 3 is 2.59 bits per heavy atom. The van der Waals surface area contributed by atoms with Crippen LogP contribution in [0.15, 0.2) is 29.5 Å². The van der Waals surface area contributed by atoms with E-state index in [1.54, 1.807) is 5.57 Å². The van der Waals surface area contributed by atoms with Gasteiger partial charge in [0.25, 0.3) is 0 Å². The van der Waals surface area contributed by atoms with E-state index in [2.05, 4.69) is 37.8 Å². The Morgan fingerprint density at radius 1 is 1.18 bits per heavy atom. The van der Waals surface area contributed by atoms with Gasteiger partial charge in [-0.25, -0.2) is 0 Å². The highest BCUT2D eigenvalue weighted by Crippen LogP contribution is 2.28. The predicted octanol–water partition coefficient (Wildman–Crippen LogP) is 5.80. The van der Waals surface area contributed by atoms with E-state index in [9.17, 15) is 0 Å². The van der Waals surface area contributed by atoms with Crippen LogP contribution in [0.3, 0.4) is 0 Å². The molecule has 0 aromatic rings. The molecule has 96 valence electrons. The maximum absolute atomic E-state index is 3.21. The summed E-state index contributed by atoms with van der Waals surface area (Å²) in [4.78, 5) is 0. The van der Waals surface area contributed by atoms with E-state index in [-0.39, 0.29) is 0 Å². The maximum Gasteiger partial charge on any atom is -0.0204 e. The highest BCUT2D eigenvalue weighted by molar-refractivity contribution is 5.12. The summed E-state index contributed by atoms with van der Waals surface area (Å²) >= 11 is 0. The molecule has 1 aliphatic carbocycles. The lowest BCUT2D eigenvalue weighted by Crippen LogP contribution is -2.06. The maximum atomic E-state index is 3.21. The minimum Gasteiger partial charge on any atom is -0.125 e. The van der Waals surface area contributed by atoms with Crippen molar-refractivity contribution in [1.29, 1.82) is 0 Å². The zero-order valence-electron chi connectivity index (χ0n) is 11.7. The zero-order valence-corrected chi connectivity index (χ0v) is 11.7. The van der Waals surface area contributed by atoms with Gasteiger partial charge in [-0.2, -0.15) is 0 Å². The molecule has 0 amide bonds. The molecule has 1 rings (SSSR count). The van der Waals surface area contributed by atoms with Gasteiger partial charge >= 0.3 is 0 Å². The first-order valence-corrected chi connectivity index (χ1v) is 7.45. The van der Waals surface area contributed by atoms with Crippen molar-refractivity contribution in [2.24, 2.45) is 5.92 Å². The fourth-order valence-corrected chi connectivity index (χ4v) is 2.60. The van der Waals surface area contributed by atoms with Gasteiger partial charge in [-0.05, 0) is 43.8 Å². The molecule has 1 aliphatic rings. The Kier molecular flexibility index (Phi) is 7.84. The first-order chi connectivity index (χ1) is 8.36. The second-order valence-corrected chi connectivity index (χ2v) is 5.17. The quantitative estimate of drug-likeness (QED) is 0.401. The van der Waals surface area contributed by atoms with Gasteiger partial charge in [0.15, 0.2) is 0 Å². The molecule has 0 heteroatoms. The summed E-state index contributed by atoms with van der Waals surface area (Å²) < 4.78 is 0. The summed E-state index contributed by atoms with van der Waals surface area (Å²) in [6, 6.07) is 0. The van der Waals surface area contributed by atoms with Gasteiger partial charge in [0.1, 0.15) is 0 Å². The van der Waals surface area contributed by atoms with Crippen LogP contribution >= 0.6 is 0 Å². The van der Waals surface area contributed by atoms with Crippen molar-refractivity contribution in [2.45, 2.75) is 71.6 Å². The fraction of sp³-hybridized carbons (Fsp3) is 0.706. The first kappa shape index (κ1) is 14.3. The summed E-state index contributed by atoms with van der Waals surface area (Å²) in [6.45, 7) is 4.42. The molecule has 0 radical (unpaired) electrons. The highest BCUT2D eigenvalue weighted by Gasteiger charge is 2.12. The van der Waals surface area contributed by atoms with Crippen molar-refractivity contribution in [3.63, 3.8) is 0 Å². The summed E-state index contributed by atoms with van der Waals surface area (Å²) in [6.07, 6.45) is 18.8. The van der Waals surface area contributed by atoms with Gasteiger partial charge in [0, 0.05) is 0 Å². The molecule has 0 aromatic carbocycles. The van der Waals surface area contributed by atoms with Crippen molar-refractivity contribution >= 4 is 0 Å². The second-order valence-electron chi connectivity index (χ2n) is 5.17. The normalized spacial score (nSPS) is 17.6. The third-order valence-corrected chi connectivity index (χ3v) is 3.79. The van der Waals surface area contributed by atoms with Crippen LogP contribution in [-0.2, 0) is 0 Å². The standard InChI is InChI=1S/C17H28/c1-3-5-6-8-11-16(4-2)14-15-17-12-9-7-10-13-17/h5,8,11,17H,3-4,7,9-10,12-15H2,1-2H3/b16-11+.